The molecule has 1 N–H and O–H groups in total. The first-order valence-electron chi connectivity index (χ1n) is 6.28. The maximum atomic E-state index is 10.3. The summed E-state index contributed by atoms with van der Waals surface area (Å²) in [5.41, 5.74) is 0. The first-order chi connectivity index (χ1) is 8.27. The third kappa shape index (κ3) is 2.07. The Morgan fingerprint density at radius 1 is 0.944 bits per heavy atom. The number of ether oxygens (including phenoxy) is 5. The molecule has 6 nitrogen and oxygen atoms in total. The molecule has 0 saturated carbocycles. The first kappa shape index (κ1) is 12.8. The Balaban J connectivity index is 1.68. The van der Waals surface area contributed by atoms with Crippen molar-refractivity contribution >= 4 is 0 Å². The molecule has 0 bridgehead atoms. The summed E-state index contributed by atoms with van der Waals surface area (Å²) < 4.78 is 28.1. The van der Waals surface area contributed by atoms with E-state index in [0.29, 0.717) is 6.61 Å². The van der Waals surface area contributed by atoms with Crippen LogP contribution in [0.4, 0.5) is 0 Å². The monoisotopic (exact) mass is 260 g/mol. The largest absolute Gasteiger partial charge is 0.387 e. The fraction of sp³-hybridized carbons (Fsp3) is 1.00. The summed E-state index contributed by atoms with van der Waals surface area (Å²) in [6.07, 6.45) is -2.53. The zero-order chi connectivity index (χ0) is 13.1. The molecule has 0 radical (unpaired) electrons. The van der Waals surface area contributed by atoms with Gasteiger partial charge in [0.25, 0.3) is 0 Å². The molecule has 0 aliphatic carbocycles. The van der Waals surface area contributed by atoms with E-state index in [2.05, 4.69) is 0 Å². The van der Waals surface area contributed by atoms with Gasteiger partial charge in [0.1, 0.15) is 24.4 Å². The Bertz CT molecular complexity index is 341. The molecule has 3 heterocycles. The molecule has 6 heteroatoms. The lowest BCUT2D eigenvalue weighted by Gasteiger charge is -2.26. The average molecular weight is 260 g/mol. The van der Waals surface area contributed by atoms with E-state index < -0.39 is 36.2 Å². The molecular formula is C12H20O6. The highest BCUT2D eigenvalue weighted by atomic mass is 16.8. The summed E-state index contributed by atoms with van der Waals surface area (Å²) in [7, 11) is 0. The van der Waals surface area contributed by atoms with Crippen molar-refractivity contribution in [3.8, 4) is 0 Å². The Labute approximate surface area is 106 Å². The average Bonchev–Trinajstić information content (AvgIpc) is 2.81. The third-order valence-corrected chi connectivity index (χ3v) is 3.45. The smallest absolute Gasteiger partial charge is 0.190 e. The van der Waals surface area contributed by atoms with E-state index in [0.717, 1.165) is 0 Å². The molecule has 3 aliphatic heterocycles. The van der Waals surface area contributed by atoms with Gasteiger partial charge in [0.15, 0.2) is 17.9 Å². The van der Waals surface area contributed by atoms with E-state index >= 15 is 0 Å². The van der Waals surface area contributed by atoms with E-state index in [9.17, 15) is 5.11 Å². The van der Waals surface area contributed by atoms with Crippen LogP contribution in [0.2, 0.25) is 0 Å². The second-order valence-electron chi connectivity index (χ2n) is 5.93. The molecule has 2 unspecified atom stereocenters. The van der Waals surface area contributed by atoms with Crippen LogP contribution in [-0.2, 0) is 23.7 Å². The minimum Gasteiger partial charge on any atom is -0.387 e. The van der Waals surface area contributed by atoms with E-state index in [4.69, 9.17) is 23.7 Å². The molecular weight excluding hydrogens is 240 g/mol. The maximum Gasteiger partial charge on any atom is 0.190 e. The fourth-order valence-electron chi connectivity index (χ4n) is 2.70. The molecule has 3 saturated heterocycles. The van der Waals surface area contributed by atoms with Crippen LogP contribution >= 0.6 is 0 Å². The zero-order valence-corrected chi connectivity index (χ0v) is 11.1. The highest BCUT2D eigenvalue weighted by Gasteiger charge is 2.57. The third-order valence-electron chi connectivity index (χ3n) is 3.45. The standard InChI is InChI=1S/C12H20O6/c1-11(2)14-5-6(16-11)8-7(13)9-10(15-8)18-12(3,4)17-9/h6-10,13H,5H2,1-4H3/t6?,7-,8-,9-,10?/m1/s1. The van der Waals surface area contributed by atoms with Crippen molar-refractivity contribution in [2.45, 2.75) is 70.0 Å². The lowest BCUT2D eigenvalue weighted by molar-refractivity contribution is -0.232. The van der Waals surface area contributed by atoms with Crippen LogP contribution in [0.3, 0.4) is 0 Å². The Kier molecular flexibility index (Phi) is 2.75. The van der Waals surface area contributed by atoms with Gasteiger partial charge >= 0.3 is 0 Å². The summed E-state index contributed by atoms with van der Waals surface area (Å²) >= 11 is 0. The zero-order valence-electron chi connectivity index (χ0n) is 11.1. The summed E-state index contributed by atoms with van der Waals surface area (Å²) in [4.78, 5) is 0. The molecule has 5 atom stereocenters. The van der Waals surface area contributed by atoms with Crippen LogP contribution in [0, 0.1) is 0 Å². The summed E-state index contributed by atoms with van der Waals surface area (Å²) in [5.74, 6) is -1.35. The molecule has 3 rings (SSSR count). The van der Waals surface area contributed by atoms with E-state index in [1.807, 2.05) is 13.8 Å². The second-order valence-corrected chi connectivity index (χ2v) is 5.93. The van der Waals surface area contributed by atoms with Gasteiger partial charge in [0, 0.05) is 0 Å². The minimum atomic E-state index is -0.765. The Hall–Kier alpha value is -0.240. The van der Waals surface area contributed by atoms with E-state index in [-0.39, 0.29) is 6.10 Å². The number of aliphatic hydroxyl groups excluding tert-OH is 1. The van der Waals surface area contributed by atoms with Crippen molar-refractivity contribution in [1.82, 2.24) is 0 Å². The fourth-order valence-corrected chi connectivity index (χ4v) is 2.70. The van der Waals surface area contributed by atoms with Crippen LogP contribution < -0.4 is 0 Å². The Morgan fingerprint density at radius 3 is 2.22 bits per heavy atom. The summed E-state index contributed by atoms with van der Waals surface area (Å²) in [6, 6.07) is 0. The van der Waals surface area contributed by atoms with Crippen molar-refractivity contribution in [2.75, 3.05) is 6.61 Å². The van der Waals surface area contributed by atoms with Crippen LogP contribution in [0.5, 0.6) is 0 Å². The number of hydrogen-bond acceptors (Lipinski definition) is 6. The van der Waals surface area contributed by atoms with Gasteiger partial charge < -0.3 is 28.8 Å². The van der Waals surface area contributed by atoms with E-state index in [1.54, 1.807) is 13.8 Å². The quantitative estimate of drug-likeness (QED) is 0.735. The van der Waals surface area contributed by atoms with Gasteiger partial charge in [-0.15, -0.1) is 0 Å². The molecule has 0 spiro atoms. The normalized spacial score (nSPS) is 49.5. The Morgan fingerprint density at radius 2 is 1.67 bits per heavy atom. The number of hydrogen-bond donors (Lipinski definition) is 1. The van der Waals surface area contributed by atoms with Gasteiger partial charge in [-0.3, -0.25) is 0 Å². The molecule has 0 aromatic rings. The van der Waals surface area contributed by atoms with Crippen molar-refractivity contribution in [3.63, 3.8) is 0 Å². The van der Waals surface area contributed by atoms with Crippen molar-refractivity contribution in [2.24, 2.45) is 0 Å². The molecule has 3 fully saturated rings. The molecule has 0 aromatic heterocycles. The van der Waals surface area contributed by atoms with Gasteiger partial charge in [-0.05, 0) is 27.7 Å². The van der Waals surface area contributed by atoms with Gasteiger partial charge in [-0.1, -0.05) is 0 Å². The molecule has 0 amide bonds. The van der Waals surface area contributed by atoms with Crippen LogP contribution in [0.1, 0.15) is 27.7 Å². The topological polar surface area (TPSA) is 66.4 Å². The van der Waals surface area contributed by atoms with Crippen molar-refractivity contribution < 1.29 is 28.8 Å². The maximum absolute atomic E-state index is 10.3. The summed E-state index contributed by atoms with van der Waals surface area (Å²) in [6.45, 7) is 7.68. The SMILES string of the molecule is CC1(C)OCC([C@H]2OC3OC(C)(C)O[C@@H]3[C@@H]2O)O1. The highest BCUT2D eigenvalue weighted by Crippen LogP contribution is 2.40. The molecule has 0 aromatic carbocycles. The van der Waals surface area contributed by atoms with Gasteiger partial charge in [0.2, 0.25) is 0 Å². The van der Waals surface area contributed by atoms with Crippen LogP contribution in [0.25, 0.3) is 0 Å². The minimum absolute atomic E-state index is 0.295. The van der Waals surface area contributed by atoms with Crippen LogP contribution in [-0.4, -0.2) is 54.0 Å². The number of aliphatic hydroxyl groups is 1. The van der Waals surface area contributed by atoms with Crippen molar-refractivity contribution in [3.05, 3.63) is 0 Å². The lowest BCUT2D eigenvalue weighted by Crippen LogP contribution is -2.42. The van der Waals surface area contributed by atoms with Gasteiger partial charge in [-0.2, -0.15) is 0 Å². The van der Waals surface area contributed by atoms with Gasteiger partial charge in [0.05, 0.1) is 6.61 Å². The second kappa shape index (κ2) is 3.88. The molecule has 18 heavy (non-hydrogen) atoms. The first-order valence-corrected chi connectivity index (χ1v) is 6.28. The molecule has 3 aliphatic rings. The van der Waals surface area contributed by atoms with Crippen LogP contribution in [0.15, 0.2) is 0 Å². The summed E-state index contributed by atoms with van der Waals surface area (Å²) in [5, 5.41) is 10.3. The predicted octanol–water partition coefficient (Wildman–Crippen LogP) is 0.375. The van der Waals surface area contributed by atoms with Crippen molar-refractivity contribution in [1.29, 1.82) is 0 Å². The highest BCUT2D eigenvalue weighted by molar-refractivity contribution is 4.97. The predicted molar refractivity (Wildman–Crippen MR) is 59.6 cm³/mol. The lowest BCUT2D eigenvalue weighted by atomic mass is 10.1. The number of fused-ring (bicyclic) bond motifs is 1. The number of rotatable bonds is 1. The van der Waals surface area contributed by atoms with Gasteiger partial charge in [-0.25, -0.2) is 0 Å². The van der Waals surface area contributed by atoms with E-state index in [1.165, 1.54) is 0 Å². The molecule has 104 valence electrons.